The summed E-state index contributed by atoms with van der Waals surface area (Å²) in [5.41, 5.74) is 3.73. The van der Waals surface area contributed by atoms with Crippen LogP contribution in [0.5, 0.6) is 0 Å². The molecule has 2 aromatic rings. The standard InChI is InChI=1S/C23H26N4OS.2H2/c24-13-19(26-23(28)22-16-3-4-18(12-16)25-22)11-15-1-5-20(6-2-15)27-9-7-21-17(14-27)8-10-29-21;;/h1-2,5-6,8,10,16,18-19,22,25H,3-4,7,9,11-12,14H2,(H,26,28);2*1H/t16-,18?,19-,22-;;/m0../s1. The van der Waals surface area contributed by atoms with E-state index < -0.39 is 6.04 Å². The number of fused-ring (bicyclic) bond motifs is 3. The van der Waals surface area contributed by atoms with Gasteiger partial charge in [0.1, 0.15) is 6.04 Å². The second-order valence-electron chi connectivity index (χ2n) is 8.52. The fraction of sp³-hybridized carbons (Fsp3) is 0.478. The Balaban J connectivity index is 0.00000136. The van der Waals surface area contributed by atoms with Crippen LogP contribution in [0.2, 0.25) is 0 Å². The molecule has 154 valence electrons. The number of nitriles is 1. The summed E-state index contributed by atoms with van der Waals surface area (Å²) in [6, 6.07) is 12.8. The van der Waals surface area contributed by atoms with Crippen LogP contribution in [0.15, 0.2) is 35.7 Å². The number of hydrogen-bond acceptors (Lipinski definition) is 5. The monoisotopic (exact) mass is 410 g/mol. The average Bonchev–Trinajstić information content (AvgIpc) is 3.50. The third-order valence-corrected chi connectivity index (χ3v) is 7.69. The lowest BCUT2D eigenvalue weighted by Gasteiger charge is -2.29. The molecule has 0 spiro atoms. The highest BCUT2D eigenvalue weighted by Gasteiger charge is 2.43. The van der Waals surface area contributed by atoms with Gasteiger partial charge in [0.2, 0.25) is 5.91 Å². The molecular weight excluding hydrogens is 380 g/mol. The van der Waals surface area contributed by atoms with Crippen LogP contribution in [0, 0.1) is 17.2 Å². The number of carbonyl (C=O) groups excluding carboxylic acids is 1. The second-order valence-corrected chi connectivity index (χ2v) is 9.52. The highest BCUT2D eigenvalue weighted by molar-refractivity contribution is 7.10. The van der Waals surface area contributed by atoms with Gasteiger partial charge >= 0.3 is 0 Å². The number of rotatable bonds is 5. The van der Waals surface area contributed by atoms with E-state index in [0.717, 1.165) is 37.9 Å². The lowest BCUT2D eigenvalue weighted by molar-refractivity contribution is -0.124. The molecule has 3 heterocycles. The van der Waals surface area contributed by atoms with E-state index in [0.29, 0.717) is 18.4 Å². The van der Waals surface area contributed by atoms with Crippen molar-refractivity contribution in [2.24, 2.45) is 5.92 Å². The zero-order chi connectivity index (χ0) is 19.8. The normalized spacial score (nSPS) is 26.0. The molecule has 2 fully saturated rings. The van der Waals surface area contributed by atoms with Gasteiger partial charge in [0, 0.05) is 39.0 Å². The number of carbonyl (C=O) groups is 1. The van der Waals surface area contributed by atoms with Gasteiger partial charge in [-0.05, 0) is 66.3 Å². The Labute approximate surface area is 178 Å². The fourth-order valence-corrected chi connectivity index (χ4v) is 5.98. The summed E-state index contributed by atoms with van der Waals surface area (Å²) in [7, 11) is 0. The van der Waals surface area contributed by atoms with Crippen LogP contribution in [-0.2, 0) is 24.2 Å². The van der Waals surface area contributed by atoms with Gasteiger partial charge in [0.15, 0.2) is 0 Å². The quantitative estimate of drug-likeness (QED) is 0.792. The van der Waals surface area contributed by atoms with Gasteiger partial charge in [-0.1, -0.05) is 12.1 Å². The van der Waals surface area contributed by atoms with E-state index in [2.05, 4.69) is 57.3 Å². The first-order valence-corrected chi connectivity index (χ1v) is 11.4. The molecular formula is C23H30N4OS. The number of nitrogens with zero attached hydrogens (tertiary/aromatic N) is 2. The zero-order valence-electron chi connectivity index (χ0n) is 16.4. The molecule has 1 aliphatic carbocycles. The third kappa shape index (κ3) is 3.77. The first kappa shape index (κ1) is 18.7. The maximum absolute atomic E-state index is 12.6. The molecule has 1 aromatic heterocycles. The minimum absolute atomic E-state index is 0. The molecule has 29 heavy (non-hydrogen) atoms. The largest absolute Gasteiger partial charge is 0.367 e. The van der Waals surface area contributed by atoms with Crippen LogP contribution >= 0.6 is 11.3 Å². The van der Waals surface area contributed by atoms with Gasteiger partial charge in [0.05, 0.1) is 12.1 Å². The SMILES string of the molecule is N#C[C@H](Cc1ccc(N2CCc3sccc3C2)cc1)NC(=O)[C@H]1NC2CC[C@H]1C2.[HH].[HH]. The van der Waals surface area contributed by atoms with Crippen molar-refractivity contribution in [3.63, 3.8) is 0 Å². The van der Waals surface area contributed by atoms with Crippen molar-refractivity contribution in [3.8, 4) is 6.07 Å². The van der Waals surface area contributed by atoms with Crippen molar-refractivity contribution in [2.75, 3.05) is 11.4 Å². The summed E-state index contributed by atoms with van der Waals surface area (Å²) in [6.07, 6.45) is 5.04. The van der Waals surface area contributed by atoms with Crippen LogP contribution < -0.4 is 15.5 Å². The Morgan fingerprint density at radius 2 is 2.21 bits per heavy atom. The van der Waals surface area contributed by atoms with Gasteiger partial charge in [-0.25, -0.2) is 0 Å². The van der Waals surface area contributed by atoms with Crippen LogP contribution in [-0.4, -0.2) is 30.6 Å². The average molecular weight is 411 g/mol. The van der Waals surface area contributed by atoms with Gasteiger partial charge in [-0.2, -0.15) is 5.26 Å². The number of anilines is 1. The lowest BCUT2D eigenvalue weighted by atomic mass is 9.98. The van der Waals surface area contributed by atoms with Crippen molar-refractivity contribution in [1.29, 1.82) is 5.26 Å². The summed E-state index contributed by atoms with van der Waals surface area (Å²) in [4.78, 5) is 16.5. The number of nitrogens with one attached hydrogen (secondary N) is 2. The Morgan fingerprint density at radius 3 is 2.93 bits per heavy atom. The predicted octanol–water partition coefficient (Wildman–Crippen LogP) is 3.49. The summed E-state index contributed by atoms with van der Waals surface area (Å²) < 4.78 is 0. The Bertz CT molecular complexity index is 942. The van der Waals surface area contributed by atoms with Crippen LogP contribution in [0.4, 0.5) is 5.69 Å². The topological polar surface area (TPSA) is 68.2 Å². The maximum Gasteiger partial charge on any atom is 0.238 e. The number of benzene rings is 1. The van der Waals surface area contributed by atoms with Crippen LogP contribution in [0.3, 0.4) is 0 Å². The molecule has 2 bridgehead atoms. The van der Waals surface area contributed by atoms with Gasteiger partial charge in [-0.3, -0.25) is 4.79 Å². The van der Waals surface area contributed by atoms with Crippen molar-refractivity contribution < 1.29 is 7.65 Å². The first-order valence-electron chi connectivity index (χ1n) is 10.5. The number of thiophene rings is 1. The number of hydrogen-bond donors (Lipinski definition) is 2. The van der Waals surface area contributed by atoms with Crippen LogP contribution in [0.25, 0.3) is 0 Å². The Morgan fingerprint density at radius 1 is 1.34 bits per heavy atom. The van der Waals surface area contributed by atoms with Gasteiger partial charge < -0.3 is 15.5 Å². The van der Waals surface area contributed by atoms with Gasteiger partial charge in [0.25, 0.3) is 0 Å². The molecule has 1 aromatic carbocycles. The molecule has 2 aliphatic heterocycles. The number of piperidine rings is 1. The molecule has 5 nitrogen and oxygen atoms in total. The van der Waals surface area contributed by atoms with Gasteiger partial charge in [-0.15, -0.1) is 11.3 Å². The van der Waals surface area contributed by atoms with Crippen molar-refractivity contribution in [1.82, 2.24) is 10.6 Å². The zero-order valence-corrected chi connectivity index (χ0v) is 17.3. The molecule has 2 N–H and O–H groups in total. The number of amides is 1. The molecule has 0 radical (unpaired) electrons. The Hall–Kier alpha value is -2.36. The van der Waals surface area contributed by atoms with Crippen molar-refractivity contribution in [3.05, 3.63) is 51.7 Å². The fourth-order valence-electron chi connectivity index (χ4n) is 5.09. The molecule has 1 saturated heterocycles. The smallest absolute Gasteiger partial charge is 0.238 e. The second kappa shape index (κ2) is 7.81. The summed E-state index contributed by atoms with van der Waals surface area (Å²) >= 11 is 1.86. The minimum atomic E-state index is -0.488. The van der Waals surface area contributed by atoms with Crippen molar-refractivity contribution >= 4 is 22.9 Å². The summed E-state index contributed by atoms with van der Waals surface area (Å²) in [6.45, 7) is 2.01. The first-order chi connectivity index (χ1) is 14.2. The summed E-state index contributed by atoms with van der Waals surface area (Å²) in [5.74, 6) is 0.423. The highest BCUT2D eigenvalue weighted by Crippen LogP contribution is 2.35. The minimum Gasteiger partial charge on any atom is -0.367 e. The molecule has 4 atom stereocenters. The maximum atomic E-state index is 12.6. The molecule has 1 saturated carbocycles. The van der Waals surface area contributed by atoms with E-state index >= 15 is 0 Å². The highest BCUT2D eigenvalue weighted by atomic mass is 32.1. The van der Waals surface area contributed by atoms with Crippen molar-refractivity contribution in [2.45, 2.75) is 56.8 Å². The molecule has 3 aliphatic rings. The van der Waals surface area contributed by atoms with E-state index in [4.69, 9.17) is 0 Å². The van der Waals surface area contributed by atoms with Crippen LogP contribution in [0.1, 0.15) is 38.1 Å². The molecule has 6 heteroatoms. The lowest BCUT2D eigenvalue weighted by Crippen LogP contribution is -2.50. The molecule has 1 amide bonds. The molecule has 1 unspecified atom stereocenters. The summed E-state index contributed by atoms with van der Waals surface area (Å²) in [5, 5.41) is 18.1. The van der Waals surface area contributed by atoms with E-state index in [-0.39, 0.29) is 14.8 Å². The molecule has 5 rings (SSSR count). The predicted molar refractivity (Wildman–Crippen MR) is 119 cm³/mol. The van der Waals surface area contributed by atoms with E-state index in [9.17, 15) is 10.1 Å². The third-order valence-electron chi connectivity index (χ3n) is 6.66. The van der Waals surface area contributed by atoms with E-state index in [1.54, 1.807) is 0 Å². The van der Waals surface area contributed by atoms with E-state index in [1.807, 2.05) is 11.3 Å². The Kier molecular flexibility index (Phi) is 5.03. The van der Waals surface area contributed by atoms with E-state index in [1.165, 1.54) is 22.5 Å².